The molecule has 0 radical (unpaired) electrons. The lowest BCUT2D eigenvalue weighted by atomic mass is 9.89. The minimum Gasteiger partial charge on any atom is -0.348 e. The lowest BCUT2D eigenvalue weighted by Crippen LogP contribution is -2.62. The number of carbonyl (C=O) groups is 1. The molecule has 2 N–H and O–H groups in total. The predicted molar refractivity (Wildman–Crippen MR) is 258 cm³/mol. The number of likely N-dealkylation sites (tertiary alicyclic amines) is 2. The lowest BCUT2D eigenvalue weighted by Gasteiger charge is -2.47. The predicted octanol–water partition coefficient (Wildman–Crippen LogP) is 6.12. The minimum atomic E-state index is -2.99. The zero-order valence-corrected chi connectivity index (χ0v) is 38.3. The number of alkyl halides is 4. The molecule has 10 aromatic heterocycles. The normalized spacial score (nSPS) is 18.6. The van der Waals surface area contributed by atoms with Gasteiger partial charge < -0.3 is 18.9 Å². The second kappa shape index (κ2) is 15.8. The Balaban J connectivity index is 0.729. The third kappa shape index (κ3) is 7.36. The van der Waals surface area contributed by atoms with Crippen LogP contribution >= 0.6 is 0 Å². The van der Waals surface area contributed by atoms with Crippen molar-refractivity contribution in [3.63, 3.8) is 0 Å². The maximum atomic E-state index is 15.3. The van der Waals surface area contributed by atoms with E-state index in [0.717, 1.165) is 44.5 Å². The van der Waals surface area contributed by atoms with Crippen LogP contribution in [0.25, 0.3) is 33.1 Å². The zero-order chi connectivity index (χ0) is 48.5. The molecule has 4 aliphatic rings. The van der Waals surface area contributed by atoms with E-state index in [1.165, 1.54) is 9.80 Å². The van der Waals surface area contributed by atoms with Crippen LogP contribution < -0.4 is 20.7 Å². The summed E-state index contributed by atoms with van der Waals surface area (Å²) >= 11 is 0. The molecule has 0 amide bonds. The van der Waals surface area contributed by atoms with Gasteiger partial charge in [0.1, 0.15) is 11.0 Å². The topological polar surface area (TPSA) is 160 Å². The number of benzene rings is 2. The first-order valence-electron chi connectivity index (χ1n) is 23.7. The molecule has 2 atom stereocenters. The van der Waals surface area contributed by atoms with Gasteiger partial charge in [0.15, 0.2) is 17.4 Å². The number of aromatic nitrogens is 12. The van der Waals surface area contributed by atoms with Crippen molar-refractivity contribution in [1.82, 2.24) is 67.5 Å². The number of fused-ring (bicyclic) bond motifs is 6. The fraction of sp³-hybridized carbons (Fsp3) is 0.286. The van der Waals surface area contributed by atoms with Gasteiger partial charge in [0.2, 0.25) is 11.9 Å². The van der Waals surface area contributed by atoms with Crippen LogP contribution in [0.4, 0.5) is 41.1 Å². The molecular formula is C49H44F4N18O. The number of hydrogen-bond donors (Lipinski definition) is 2. The highest BCUT2D eigenvalue weighted by atomic mass is 19.3. The van der Waals surface area contributed by atoms with Crippen molar-refractivity contribution in [2.45, 2.75) is 50.1 Å². The van der Waals surface area contributed by atoms with Crippen LogP contribution in [-0.4, -0.2) is 124 Å². The number of nitrogens with one attached hydrogen (secondary N) is 2. The molecule has 0 spiro atoms. The van der Waals surface area contributed by atoms with Crippen molar-refractivity contribution >= 4 is 62.4 Å². The summed E-state index contributed by atoms with van der Waals surface area (Å²) in [5.74, 6) is -4.34. The van der Waals surface area contributed by atoms with E-state index in [0.29, 0.717) is 73.9 Å². The summed E-state index contributed by atoms with van der Waals surface area (Å²) < 4.78 is 70.6. The highest BCUT2D eigenvalue weighted by molar-refractivity contribution is 5.91. The third-order valence-corrected chi connectivity index (χ3v) is 14.3. The molecule has 2 unspecified atom stereocenters. The zero-order valence-electron chi connectivity index (χ0n) is 38.3. The van der Waals surface area contributed by atoms with Gasteiger partial charge in [-0.25, -0.2) is 36.6 Å². The van der Waals surface area contributed by atoms with Crippen LogP contribution in [0.5, 0.6) is 0 Å². The van der Waals surface area contributed by atoms with Gasteiger partial charge in [0.05, 0.1) is 98.2 Å². The molecule has 2 aromatic carbocycles. The number of Topliss-reactive ketones (excluding diaryl/α,β-unsaturated/α-hetero) is 1. The largest absolute Gasteiger partial charge is 0.348 e. The van der Waals surface area contributed by atoms with Gasteiger partial charge in [-0.15, -0.1) is 0 Å². The van der Waals surface area contributed by atoms with E-state index in [1.54, 1.807) is 46.0 Å². The Kier molecular flexibility index (Phi) is 9.37. The van der Waals surface area contributed by atoms with Crippen LogP contribution in [0.15, 0.2) is 122 Å². The fourth-order valence-corrected chi connectivity index (χ4v) is 10.8. The van der Waals surface area contributed by atoms with Gasteiger partial charge in [-0.3, -0.25) is 34.8 Å². The van der Waals surface area contributed by atoms with E-state index in [2.05, 4.69) is 31.0 Å². The number of ketones is 1. The van der Waals surface area contributed by atoms with Crippen molar-refractivity contribution < 1.29 is 22.4 Å². The maximum absolute atomic E-state index is 15.3. The number of hydrogen-bond acceptors (Lipinski definition) is 13. The molecule has 2 fully saturated rings. The van der Waals surface area contributed by atoms with E-state index < -0.39 is 55.9 Å². The van der Waals surface area contributed by atoms with Crippen LogP contribution in [0.3, 0.4) is 0 Å². The number of anilines is 4. The van der Waals surface area contributed by atoms with Gasteiger partial charge in [-0.2, -0.15) is 20.2 Å². The lowest BCUT2D eigenvalue weighted by molar-refractivity contribution is -0.173. The number of nitrogens with zero attached hydrogens (tertiary/aromatic N) is 16. The average Bonchev–Trinajstić information content (AvgIpc) is 4.21. The molecule has 0 aliphatic carbocycles. The Bertz CT molecular complexity index is 3450. The summed E-state index contributed by atoms with van der Waals surface area (Å²) in [5, 5.41) is 8.96. The summed E-state index contributed by atoms with van der Waals surface area (Å²) in [7, 11) is 0. The molecule has 72 heavy (non-hydrogen) atoms. The second-order valence-electron chi connectivity index (χ2n) is 19.2. The van der Waals surface area contributed by atoms with Gasteiger partial charge in [0, 0.05) is 74.5 Å². The van der Waals surface area contributed by atoms with Crippen molar-refractivity contribution in [2.24, 2.45) is 0 Å². The van der Waals surface area contributed by atoms with E-state index in [1.807, 2.05) is 114 Å². The summed E-state index contributed by atoms with van der Waals surface area (Å²) in [6.07, 6.45) is 14.5. The molecule has 364 valence electrons. The Morgan fingerprint density at radius 1 is 0.528 bits per heavy atom. The second-order valence-corrected chi connectivity index (χ2v) is 19.2. The average molecular weight is 977 g/mol. The first-order chi connectivity index (χ1) is 34.9. The Morgan fingerprint density at radius 3 is 1.36 bits per heavy atom. The molecule has 14 heterocycles. The highest BCUT2D eigenvalue weighted by Gasteiger charge is 2.54. The van der Waals surface area contributed by atoms with Gasteiger partial charge in [-0.1, -0.05) is 0 Å². The summed E-state index contributed by atoms with van der Waals surface area (Å²) in [6.45, 7) is 0.335. The van der Waals surface area contributed by atoms with Crippen molar-refractivity contribution in [3.8, 4) is 0 Å². The smallest absolute Gasteiger partial charge is 0.273 e. The molecule has 0 saturated carbocycles. The minimum absolute atomic E-state index is 0.378. The third-order valence-electron chi connectivity index (χ3n) is 14.3. The van der Waals surface area contributed by atoms with Crippen LogP contribution in [0, 0.1) is 0 Å². The van der Waals surface area contributed by atoms with Gasteiger partial charge in [-0.05, 0) is 71.8 Å². The highest BCUT2D eigenvalue weighted by Crippen LogP contribution is 2.43. The van der Waals surface area contributed by atoms with E-state index in [4.69, 9.17) is 9.97 Å². The molecule has 19 nitrogen and oxygen atoms in total. The monoisotopic (exact) mass is 976 g/mol. The molecule has 2 saturated heterocycles. The number of carbonyl (C=O) groups excluding carboxylic acids is 1. The van der Waals surface area contributed by atoms with Crippen LogP contribution in [-0.2, 0) is 31.0 Å². The van der Waals surface area contributed by atoms with Crippen molar-refractivity contribution in [3.05, 3.63) is 145 Å². The molecule has 12 aromatic rings. The number of halogens is 4. The molecular weight excluding hydrogens is 933 g/mol. The van der Waals surface area contributed by atoms with Crippen molar-refractivity contribution in [2.75, 3.05) is 59.9 Å². The standard InChI is InChI=1S/C49H44F4N18O/c50-48(51)27-66(28-48)43(31-17-37-23-64(15-13-62(37)21-31)46-54-11-9-41(58-46)60-70-35-5-1-33(2-6-35)68-25-39(70)19-56-68)45(72)44(67-29-49(52,53)30-67)32-18-38-24-65(16-14-63(38)22-32)47-55-12-10-42(59-47)61-71-36-7-3-34(4-8-36)69-26-40(71)20-57-69/h1-12,17-22,25-26,43-44H,13-16,23-24,27-30H2,(H,54,58,60)(H,55,59,61). The van der Waals surface area contributed by atoms with E-state index in [9.17, 15) is 17.6 Å². The first kappa shape index (κ1) is 42.6. The molecule has 4 aliphatic heterocycles. The maximum Gasteiger partial charge on any atom is 0.273 e. The quantitative estimate of drug-likeness (QED) is 0.135. The first-order valence-corrected chi connectivity index (χ1v) is 23.7. The summed E-state index contributed by atoms with van der Waals surface area (Å²) in [4.78, 5) is 41.2. The van der Waals surface area contributed by atoms with Crippen LogP contribution in [0.2, 0.25) is 0 Å². The SMILES string of the molecule is O=C(C(c1cc2n(c1)CCN(c1nccc(Nn3c4ccc(cc4)n4cc3cn4)n1)C2)N1CC(F)(F)C1)C(c1cc2n(c1)CCN(c1nccc(Nn3c4ccc(cc4)n4cc3cn4)n1)C2)N1CC(F)(F)C1. The Labute approximate surface area is 406 Å². The molecule has 8 bridgehead atoms. The van der Waals surface area contributed by atoms with E-state index >= 15 is 4.79 Å². The summed E-state index contributed by atoms with van der Waals surface area (Å²) in [6, 6.07) is 21.0. The molecule has 16 rings (SSSR count). The fourth-order valence-electron chi connectivity index (χ4n) is 10.8. The Hall–Kier alpha value is -8.31. The molecule has 23 heteroatoms. The van der Waals surface area contributed by atoms with E-state index in [-0.39, 0.29) is 0 Å². The Morgan fingerprint density at radius 2 is 0.944 bits per heavy atom. The van der Waals surface area contributed by atoms with Crippen LogP contribution in [0.1, 0.15) is 34.6 Å². The van der Waals surface area contributed by atoms with Crippen molar-refractivity contribution in [1.29, 1.82) is 0 Å². The number of rotatable bonds is 12. The van der Waals surface area contributed by atoms with Gasteiger partial charge in [0.25, 0.3) is 11.8 Å². The van der Waals surface area contributed by atoms with Gasteiger partial charge >= 0.3 is 0 Å². The summed E-state index contributed by atoms with van der Waals surface area (Å²) in [5.41, 5.74) is 14.9.